The van der Waals surface area contributed by atoms with Crippen molar-refractivity contribution in [3.05, 3.63) is 34.7 Å². The molecule has 20 heavy (non-hydrogen) atoms. The van der Waals surface area contributed by atoms with Gasteiger partial charge in [0.1, 0.15) is 0 Å². The Hall–Kier alpha value is -0.740. The first-order valence-corrected chi connectivity index (χ1v) is 7.72. The lowest BCUT2D eigenvalue weighted by Crippen LogP contribution is -1.98. The summed E-state index contributed by atoms with van der Waals surface area (Å²) in [6.07, 6.45) is 1.27. The molecule has 1 aromatic heterocycles. The molecule has 1 atom stereocenters. The van der Waals surface area contributed by atoms with Crippen molar-refractivity contribution >= 4 is 33.0 Å². The highest BCUT2D eigenvalue weighted by Crippen LogP contribution is 2.51. The first kappa shape index (κ1) is 17.3. The third-order valence-electron chi connectivity index (χ3n) is 3.23. The summed E-state index contributed by atoms with van der Waals surface area (Å²) in [6.45, 7) is 5.92. The first-order chi connectivity index (χ1) is 8.84. The zero-order valence-electron chi connectivity index (χ0n) is 11.8. The quantitative estimate of drug-likeness (QED) is 0.561. The van der Waals surface area contributed by atoms with E-state index in [1.165, 1.54) is 0 Å². The van der Waals surface area contributed by atoms with Gasteiger partial charge in [0.2, 0.25) is 0 Å². The number of thiophene rings is 1. The minimum Gasteiger partial charge on any atom is -0.147 e. The van der Waals surface area contributed by atoms with E-state index < -0.39 is 16.0 Å². The number of alkyl halides is 3. The maximum absolute atomic E-state index is 13.3. The van der Waals surface area contributed by atoms with Crippen molar-refractivity contribution in [2.75, 3.05) is 0 Å². The van der Waals surface area contributed by atoms with E-state index in [9.17, 15) is 13.2 Å². The molecule has 1 unspecified atom stereocenters. The van der Waals surface area contributed by atoms with Crippen molar-refractivity contribution in [1.29, 1.82) is 0 Å². The number of hydrogen-bond donors (Lipinski definition) is 0. The number of fused-ring (bicyclic) bond motifs is 1. The highest BCUT2D eigenvalue weighted by Gasteiger charge is 2.47. The number of hydrogen-bond acceptors (Lipinski definition) is 0. The second kappa shape index (κ2) is 6.35. The molecule has 0 aliphatic heterocycles. The van der Waals surface area contributed by atoms with E-state index in [0.29, 0.717) is 16.0 Å². The predicted octanol–water partition coefficient (Wildman–Crippen LogP) is 6.56. The maximum atomic E-state index is 13.3. The molecule has 0 saturated carbocycles. The molecular weight excluding hydrogens is 305 g/mol. The van der Waals surface area contributed by atoms with Gasteiger partial charge in [-0.2, -0.15) is 0 Å². The van der Waals surface area contributed by atoms with E-state index in [0.717, 1.165) is 17.4 Å². The molecule has 0 saturated heterocycles. The average molecular weight is 324 g/mol. The van der Waals surface area contributed by atoms with Gasteiger partial charge in [-0.1, -0.05) is 26.8 Å². The Morgan fingerprint density at radius 2 is 1.80 bits per heavy atom. The van der Waals surface area contributed by atoms with E-state index in [-0.39, 0.29) is 18.3 Å². The average Bonchev–Trinajstić information content (AvgIpc) is 2.65. The topological polar surface area (TPSA) is 0 Å². The van der Waals surface area contributed by atoms with Crippen LogP contribution in [0.25, 0.3) is 10.1 Å². The number of benzene rings is 1. The van der Waals surface area contributed by atoms with Gasteiger partial charge in [0.25, 0.3) is 0 Å². The Morgan fingerprint density at radius 1 is 1.15 bits per heavy atom. The summed E-state index contributed by atoms with van der Waals surface area (Å²) in [4.78, 5) is 0.533. The number of halogens is 4. The normalized spacial score (nSPS) is 12.8. The largest absolute Gasteiger partial charge is 0.600 e. The number of rotatable bonds is 3. The van der Waals surface area contributed by atoms with Gasteiger partial charge in [0.05, 0.1) is 10.5 Å². The van der Waals surface area contributed by atoms with Crippen LogP contribution in [0.1, 0.15) is 43.6 Å². The predicted molar refractivity (Wildman–Crippen MR) is 83.1 cm³/mol. The molecule has 1 heterocycles. The first-order valence-electron chi connectivity index (χ1n) is 6.50. The monoisotopic (exact) mass is 323 g/mol. The summed E-state index contributed by atoms with van der Waals surface area (Å²) in [6, 6.07) is 7.25. The molecular formula is C15H19ClF3S+. The van der Waals surface area contributed by atoms with E-state index in [4.69, 9.17) is 0 Å². The van der Waals surface area contributed by atoms with Crippen molar-refractivity contribution in [3.8, 4) is 0 Å². The maximum Gasteiger partial charge on any atom is 0.600 e. The van der Waals surface area contributed by atoms with Crippen LogP contribution in [0.5, 0.6) is 0 Å². The Balaban J connectivity index is 0.00000200. The second-order valence-electron chi connectivity index (χ2n) is 5.06. The molecule has 0 aliphatic carbocycles. The number of aryl methyl sites for hydroxylation is 1. The highest BCUT2D eigenvalue weighted by atomic mass is 35.5. The molecule has 0 N–H and O–H groups in total. The van der Waals surface area contributed by atoms with Crippen LogP contribution in [0.3, 0.4) is 0 Å². The fraction of sp³-hybridized carbons (Fsp3) is 0.467. The van der Waals surface area contributed by atoms with Gasteiger partial charge >= 0.3 is 5.51 Å². The summed E-state index contributed by atoms with van der Waals surface area (Å²) >= 11 is 0. The fourth-order valence-corrected chi connectivity index (χ4v) is 4.37. The Kier molecular flexibility index (Phi) is 5.50. The molecule has 0 amide bonds. The van der Waals surface area contributed by atoms with Gasteiger partial charge in [-0.15, -0.1) is 25.6 Å². The van der Waals surface area contributed by atoms with E-state index >= 15 is 0 Å². The van der Waals surface area contributed by atoms with Crippen molar-refractivity contribution in [2.45, 2.75) is 45.0 Å². The Bertz CT molecular complexity index is 585. The smallest absolute Gasteiger partial charge is 0.147 e. The van der Waals surface area contributed by atoms with Gasteiger partial charge in [-0.25, -0.2) is 0 Å². The molecule has 0 bridgehead atoms. The Labute approximate surface area is 126 Å². The van der Waals surface area contributed by atoms with Gasteiger partial charge < -0.3 is 0 Å². The summed E-state index contributed by atoms with van der Waals surface area (Å²) in [5.41, 5.74) is -3.19. The lowest BCUT2D eigenvalue weighted by molar-refractivity contribution is -0.0867. The summed E-state index contributed by atoms with van der Waals surface area (Å²) in [5.74, 6) is 0.249. The van der Waals surface area contributed by atoms with E-state index in [1.807, 2.05) is 32.9 Å². The molecule has 1 aromatic carbocycles. The molecule has 112 valence electrons. The minimum atomic E-state index is -4.16. The molecule has 0 fully saturated rings. The van der Waals surface area contributed by atoms with Crippen LogP contribution >= 0.6 is 22.9 Å². The summed E-state index contributed by atoms with van der Waals surface area (Å²) < 4.78 is 40.4. The molecule has 2 aromatic rings. The fourth-order valence-electron chi connectivity index (χ4n) is 2.27. The van der Waals surface area contributed by atoms with Crippen molar-refractivity contribution < 1.29 is 13.2 Å². The van der Waals surface area contributed by atoms with Crippen LogP contribution in [0.4, 0.5) is 13.2 Å². The third-order valence-corrected chi connectivity index (χ3v) is 5.33. The van der Waals surface area contributed by atoms with Gasteiger partial charge in [-0.05, 0) is 24.0 Å². The SMILES string of the molecule is CCCc1cc2ccc(C(C)C)cc2[s+]1C(F)(F)F.Cl. The molecule has 0 nitrogen and oxygen atoms in total. The Morgan fingerprint density at radius 3 is 2.30 bits per heavy atom. The van der Waals surface area contributed by atoms with Crippen LogP contribution in [-0.2, 0) is 11.9 Å². The van der Waals surface area contributed by atoms with Crippen LogP contribution in [0.2, 0.25) is 0 Å². The molecule has 0 aliphatic rings. The van der Waals surface area contributed by atoms with E-state index in [1.54, 1.807) is 12.1 Å². The van der Waals surface area contributed by atoms with Crippen LogP contribution < -0.4 is 0 Å². The molecule has 5 heteroatoms. The van der Waals surface area contributed by atoms with Gasteiger partial charge in [-0.3, -0.25) is 0 Å². The van der Waals surface area contributed by atoms with Crippen molar-refractivity contribution in [1.82, 2.24) is 0 Å². The zero-order valence-corrected chi connectivity index (χ0v) is 13.4. The van der Waals surface area contributed by atoms with Crippen LogP contribution in [0, 0.1) is 0 Å². The second-order valence-corrected chi connectivity index (χ2v) is 7.10. The van der Waals surface area contributed by atoms with Gasteiger partial charge in [0, 0.05) is 23.9 Å². The van der Waals surface area contributed by atoms with E-state index in [2.05, 4.69) is 0 Å². The van der Waals surface area contributed by atoms with Crippen molar-refractivity contribution in [2.24, 2.45) is 0 Å². The molecule has 0 spiro atoms. The minimum absolute atomic E-state index is 0. The summed E-state index contributed by atoms with van der Waals surface area (Å²) in [5, 5.41) is 0.744. The van der Waals surface area contributed by atoms with Gasteiger partial charge in [0.15, 0.2) is 9.58 Å². The highest BCUT2D eigenvalue weighted by molar-refractivity contribution is 7.38. The third kappa shape index (κ3) is 3.29. The molecule has 2 rings (SSSR count). The zero-order chi connectivity index (χ0) is 14.2. The lowest BCUT2D eigenvalue weighted by atomic mass is 10.0. The molecule has 0 radical (unpaired) electrons. The summed E-state index contributed by atoms with van der Waals surface area (Å²) in [7, 11) is -1.72. The lowest BCUT2D eigenvalue weighted by Gasteiger charge is -2.04. The van der Waals surface area contributed by atoms with Crippen molar-refractivity contribution in [3.63, 3.8) is 0 Å². The van der Waals surface area contributed by atoms with Crippen LogP contribution in [-0.4, -0.2) is 0 Å². The van der Waals surface area contributed by atoms with Crippen LogP contribution in [0.15, 0.2) is 24.3 Å². The standard InChI is InChI=1S/C15H18F3S.ClH/c1-4-5-13-8-12-7-6-11(10(2)3)9-14(12)19(13)15(16,17)18;/h6-10H,4-5H2,1-3H3;1H/q+1;.